The van der Waals surface area contributed by atoms with Crippen LogP contribution in [0.25, 0.3) is 27.1 Å². The molecule has 0 amide bonds. The molecule has 0 unspecified atom stereocenters. The smallest absolute Gasteiger partial charge is 0.235 e. The first-order valence-corrected chi connectivity index (χ1v) is 9.16. The molecule has 0 bridgehead atoms. The lowest BCUT2D eigenvalue weighted by Crippen LogP contribution is -1.99. The quantitative estimate of drug-likeness (QED) is 0.568. The van der Waals surface area contributed by atoms with Crippen LogP contribution in [0.15, 0.2) is 22.9 Å². The van der Waals surface area contributed by atoms with E-state index in [-0.39, 0.29) is 0 Å². The number of nitrogens with zero attached hydrogens (tertiary/aromatic N) is 6. The van der Waals surface area contributed by atoms with Gasteiger partial charge in [0.15, 0.2) is 0 Å². The third-order valence-corrected chi connectivity index (χ3v) is 5.17. The van der Waals surface area contributed by atoms with Crippen molar-refractivity contribution in [3.05, 3.63) is 28.6 Å². The second kappa shape index (κ2) is 5.54. The van der Waals surface area contributed by atoms with E-state index in [0.29, 0.717) is 5.92 Å². The maximum Gasteiger partial charge on any atom is 0.235 e. The lowest BCUT2D eigenvalue weighted by atomic mass is 10.1. The summed E-state index contributed by atoms with van der Waals surface area (Å²) < 4.78 is 3.67. The van der Waals surface area contributed by atoms with Crippen LogP contribution >= 0.6 is 22.7 Å². The SMILES string of the molecule is CC(C)Cc1cc(-c2nnc3sc(-c4ccsc4)nn23)n(C)n1. The van der Waals surface area contributed by atoms with E-state index in [9.17, 15) is 0 Å². The summed E-state index contributed by atoms with van der Waals surface area (Å²) in [5, 5.41) is 22.9. The van der Waals surface area contributed by atoms with Crippen LogP contribution in [0.3, 0.4) is 0 Å². The molecule has 4 aromatic heterocycles. The van der Waals surface area contributed by atoms with E-state index in [0.717, 1.165) is 39.2 Å². The Morgan fingerprint density at radius 2 is 2.09 bits per heavy atom. The van der Waals surface area contributed by atoms with Crippen molar-refractivity contribution < 1.29 is 0 Å². The molecule has 0 saturated carbocycles. The number of aromatic nitrogens is 6. The maximum absolute atomic E-state index is 4.68. The fourth-order valence-corrected chi connectivity index (χ4v) is 4.08. The monoisotopic (exact) mass is 344 g/mol. The van der Waals surface area contributed by atoms with Gasteiger partial charge in [-0.2, -0.15) is 26.0 Å². The van der Waals surface area contributed by atoms with Gasteiger partial charge in [-0.05, 0) is 29.9 Å². The van der Waals surface area contributed by atoms with Crippen molar-refractivity contribution in [3.63, 3.8) is 0 Å². The van der Waals surface area contributed by atoms with Crippen LogP contribution in [0, 0.1) is 5.92 Å². The largest absolute Gasteiger partial charge is 0.264 e. The van der Waals surface area contributed by atoms with E-state index in [1.807, 2.05) is 16.2 Å². The van der Waals surface area contributed by atoms with E-state index in [4.69, 9.17) is 0 Å². The van der Waals surface area contributed by atoms with Gasteiger partial charge in [0, 0.05) is 18.0 Å². The molecule has 0 spiro atoms. The Morgan fingerprint density at radius 3 is 2.83 bits per heavy atom. The Labute approximate surface area is 141 Å². The molecule has 0 saturated heterocycles. The fourth-order valence-electron chi connectivity index (χ4n) is 2.53. The molecule has 0 aliphatic rings. The molecule has 6 nitrogen and oxygen atoms in total. The highest BCUT2D eigenvalue weighted by molar-refractivity contribution is 7.20. The minimum absolute atomic E-state index is 0.570. The average Bonchev–Trinajstić information content (AvgIpc) is 3.20. The van der Waals surface area contributed by atoms with E-state index in [1.54, 1.807) is 22.7 Å². The molecule has 4 aromatic rings. The summed E-state index contributed by atoms with van der Waals surface area (Å²) in [4.78, 5) is 0.799. The minimum atomic E-state index is 0.570. The summed E-state index contributed by atoms with van der Waals surface area (Å²) in [5.74, 6) is 1.31. The minimum Gasteiger partial charge on any atom is -0.264 e. The molecule has 8 heteroatoms. The zero-order chi connectivity index (χ0) is 16.0. The highest BCUT2D eigenvalue weighted by atomic mass is 32.1. The van der Waals surface area contributed by atoms with E-state index < -0.39 is 0 Å². The van der Waals surface area contributed by atoms with Crippen LogP contribution in [-0.4, -0.2) is 29.6 Å². The fraction of sp³-hybridized carbons (Fsp3) is 0.333. The van der Waals surface area contributed by atoms with Gasteiger partial charge in [0.1, 0.15) is 10.7 Å². The first-order valence-electron chi connectivity index (χ1n) is 7.40. The highest BCUT2D eigenvalue weighted by Crippen LogP contribution is 2.29. The molecule has 118 valence electrons. The molecule has 0 aliphatic carbocycles. The normalized spacial score (nSPS) is 11.8. The lowest BCUT2D eigenvalue weighted by molar-refractivity contribution is 0.621. The molecule has 0 radical (unpaired) electrons. The van der Waals surface area contributed by atoms with E-state index >= 15 is 0 Å². The summed E-state index contributed by atoms with van der Waals surface area (Å²) in [6.45, 7) is 4.38. The molecular weight excluding hydrogens is 328 g/mol. The maximum atomic E-state index is 4.68. The number of thiophene rings is 1. The molecule has 0 aliphatic heterocycles. The van der Waals surface area contributed by atoms with Crippen molar-refractivity contribution in [2.45, 2.75) is 20.3 Å². The number of rotatable bonds is 4. The topological polar surface area (TPSA) is 60.9 Å². The van der Waals surface area contributed by atoms with Gasteiger partial charge in [-0.1, -0.05) is 25.2 Å². The molecular formula is C15H16N6S2. The predicted molar refractivity (Wildman–Crippen MR) is 92.7 cm³/mol. The van der Waals surface area contributed by atoms with Crippen LogP contribution in [0.4, 0.5) is 0 Å². The van der Waals surface area contributed by atoms with Crippen molar-refractivity contribution in [2.75, 3.05) is 0 Å². The summed E-state index contributed by atoms with van der Waals surface area (Å²) in [6, 6.07) is 4.15. The molecule has 23 heavy (non-hydrogen) atoms. The first kappa shape index (κ1) is 14.5. The molecule has 4 heterocycles. The van der Waals surface area contributed by atoms with Crippen LogP contribution in [-0.2, 0) is 13.5 Å². The Morgan fingerprint density at radius 1 is 1.22 bits per heavy atom. The summed E-state index contributed by atoms with van der Waals surface area (Å²) >= 11 is 3.22. The van der Waals surface area contributed by atoms with E-state index in [2.05, 4.69) is 57.1 Å². The van der Waals surface area contributed by atoms with Crippen LogP contribution in [0.2, 0.25) is 0 Å². The average molecular weight is 344 g/mol. The molecule has 0 aromatic carbocycles. The zero-order valence-corrected chi connectivity index (χ0v) is 14.7. The number of hydrogen-bond acceptors (Lipinski definition) is 6. The van der Waals surface area contributed by atoms with Gasteiger partial charge in [0.05, 0.1) is 5.69 Å². The Hall–Kier alpha value is -2.06. The summed E-state index contributed by atoms with van der Waals surface area (Å²) in [6.07, 6.45) is 0.951. The number of hydrogen-bond donors (Lipinski definition) is 0. The van der Waals surface area contributed by atoms with Gasteiger partial charge < -0.3 is 0 Å². The van der Waals surface area contributed by atoms with Crippen molar-refractivity contribution in [1.82, 2.24) is 29.6 Å². The van der Waals surface area contributed by atoms with Crippen molar-refractivity contribution in [1.29, 1.82) is 0 Å². The predicted octanol–water partition coefficient (Wildman–Crippen LogP) is 3.51. The van der Waals surface area contributed by atoms with Crippen molar-refractivity contribution >= 4 is 27.6 Å². The third-order valence-electron chi connectivity index (χ3n) is 3.54. The van der Waals surface area contributed by atoms with Crippen molar-refractivity contribution in [2.24, 2.45) is 13.0 Å². The highest BCUT2D eigenvalue weighted by Gasteiger charge is 2.18. The van der Waals surface area contributed by atoms with Gasteiger partial charge in [0.2, 0.25) is 10.8 Å². The Kier molecular flexibility index (Phi) is 3.50. The first-order chi connectivity index (χ1) is 11.1. The van der Waals surface area contributed by atoms with E-state index in [1.165, 1.54) is 0 Å². The number of aryl methyl sites for hydroxylation is 1. The van der Waals surface area contributed by atoms with Crippen molar-refractivity contribution in [3.8, 4) is 22.1 Å². The molecule has 0 fully saturated rings. The second-order valence-corrected chi connectivity index (χ2v) is 7.62. The molecule has 0 atom stereocenters. The number of fused-ring (bicyclic) bond motifs is 1. The Balaban J connectivity index is 1.78. The molecule has 0 N–H and O–H groups in total. The lowest BCUT2D eigenvalue weighted by Gasteiger charge is -1.98. The third kappa shape index (κ3) is 2.57. The van der Waals surface area contributed by atoms with Gasteiger partial charge >= 0.3 is 0 Å². The van der Waals surface area contributed by atoms with Gasteiger partial charge in [0.25, 0.3) is 0 Å². The van der Waals surface area contributed by atoms with Crippen LogP contribution in [0.5, 0.6) is 0 Å². The molecule has 4 rings (SSSR count). The van der Waals surface area contributed by atoms with Gasteiger partial charge in [-0.3, -0.25) is 4.68 Å². The summed E-state index contributed by atoms with van der Waals surface area (Å²) in [7, 11) is 1.94. The van der Waals surface area contributed by atoms with Crippen LogP contribution < -0.4 is 0 Å². The van der Waals surface area contributed by atoms with Gasteiger partial charge in [-0.15, -0.1) is 10.2 Å². The standard InChI is InChI=1S/C15H16N6S2/c1-9(2)6-11-7-12(20(3)18-11)13-16-17-15-21(13)19-14(23-15)10-4-5-22-8-10/h4-5,7-9H,6H2,1-3H3. The summed E-state index contributed by atoms with van der Waals surface area (Å²) in [5.41, 5.74) is 3.14. The van der Waals surface area contributed by atoms with Gasteiger partial charge in [-0.25, -0.2) is 0 Å². The Bertz CT molecular complexity index is 944. The second-order valence-electron chi connectivity index (χ2n) is 5.88. The van der Waals surface area contributed by atoms with Crippen LogP contribution in [0.1, 0.15) is 19.5 Å². The zero-order valence-electron chi connectivity index (χ0n) is 13.1.